The highest BCUT2D eigenvalue weighted by Gasteiger charge is 2.15. The summed E-state index contributed by atoms with van der Waals surface area (Å²) in [5, 5.41) is 2.81. The summed E-state index contributed by atoms with van der Waals surface area (Å²) in [6.45, 7) is 0.900. The van der Waals surface area contributed by atoms with Crippen LogP contribution in [0.2, 0.25) is 0 Å². The molecule has 2 aromatic carbocycles. The van der Waals surface area contributed by atoms with E-state index in [4.69, 9.17) is 0 Å². The van der Waals surface area contributed by atoms with Crippen molar-refractivity contribution in [3.63, 3.8) is 0 Å². The van der Waals surface area contributed by atoms with Crippen LogP contribution in [0, 0.1) is 13.8 Å². The molecular formula is C20H22F2N2O3. The van der Waals surface area contributed by atoms with Crippen molar-refractivity contribution in [3.8, 4) is 5.75 Å². The van der Waals surface area contributed by atoms with Crippen molar-refractivity contribution >= 4 is 17.5 Å². The number of hydrogen-bond donors (Lipinski definition) is 1. The van der Waals surface area contributed by atoms with Crippen molar-refractivity contribution in [2.45, 2.75) is 26.9 Å². The zero-order chi connectivity index (χ0) is 20.0. The van der Waals surface area contributed by atoms with Crippen LogP contribution in [0.4, 0.5) is 14.5 Å². The van der Waals surface area contributed by atoms with E-state index in [1.54, 1.807) is 19.2 Å². The number of anilines is 1. The number of benzene rings is 2. The predicted molar refractivity (Wildman–Crippen MR) is 99.0 cm³/mol. The Labute approximate surface area is 156 Å². The predicted octanol–water partition coefficient (Wildman–Crippen LogP) is 3.54. The maximum atomic E-state index is 12.3. The van der Waals surface area contributed by atoms with E-state index >= 15 is 0 Å². The van der Waals surface area contributed by atoms with Gasteiger partial charge in [0.05, 0.1) is 13.0 Å². The molecule has 0 unspecified atom stereocenters. The number of carbonyl (C=O) groups is 2. The molecule has 0 aliphatic carbocycles. The summed E-state index contributed by atoms with van der Waals surface area (Å²) in [4.78, 5) is 25.8. The lowest BCUT2D eigenvalue weighted by molar-refractivity contribution is -0.132. The molecule has 27 heavy (non-hydrogen) atoms. The summed E-state index contributed by atoms with van der Waals surface area (Å²) in [6, 6.07) is 11.5. The van der Waals surface area contributed by atoms with Gasteiger partial charge in [-0.1, -0.05) is 24.3 Å². The van der Waals surface area contributed by atoms with E-state index < -0.39 is 6.61 Å². The molecule has 0 spiro atoms. The third-order valence-corrected chi connectivity index (χ3v) is 4.19. The second kappa shape index (κ2) is 9.12. The van der Waals surface area contributed by atoms with Crippen molar-refractivity contribution in [2.75, 3.05) is 18.9 Å². The van der Waals surface area contributed by atoms with Crippen LogP contribution < -0.4 is 10.1 Å². The van der Waals surface area contributed by atoms with Gasteiger partial charge in [-0.25, -0.2) is 0 Å². The van der Waals surface area contributed by atoms with Crippen molar-refractivity contribution in [2.24, 2.45) is 0 Å². The Morgan fingerprint density at radius 2 is 1.78 bits per heavy atom. The first-order chi connectivity index (χ1) is 12.8. The topological polar surface area (TPSA) is 58.6 Å². The third-order valence-electron chi connectivity index (χ3n) is 4.19. The quantitative estimate of drug-likeness (QED) is 0.804. The molecule has 7 heteroatoms. The molecule has 144 valence electrons. The highest BCUT2D eigenvalue weighted by molar-refractivity contribution is 5.95. The standard InChI is InChI=1S/C20H22F2N2O3/c1-13-5-4-6-17(14(13)2)23-18(25)12-24(3)19(26)11-15-7-9-16(10-8-15)27-20(21)22/h4-10,20H,11-12H2,1-3H3,(H,23,25). The first-order valence-corrected chi connectivity index (χ1v) is 8.40. The maximum absolute atomic E-state index is 12.3. The molecule has 2 aromatic rings. The average molecular weight is 376 g/mol. The Balaban J connectivity index is 1.89. The summed E-state index contributed by atoms with van der Waals surface area (Å²) in [7, 11) is 1.54. The normalized spacial score (nSPS) is 10.6. The average Bonchev–Trinajstić information content (AvgIpc) is 2.60. The second-order valence-electron chi connectivity index (χ2n) is 6.24. The number of nitrogens with one attached hydrogen (secondary N) is 1. The molecular weight excluding hydrogens is 354 g/mol. The van der Waals surface area contributed by atoms with Crippen LogP contribution in [0.5, 0.6) is 5.75 Å². The molecule has 0 heterocycles. The highest BCUT2D eigenvalue weighted by atomic mass is 19.3. The maximum Gasteiger partial charge on any atom is 0.387 e. The molecule has 1 N–H and O–H groups in total. The fourth-order valence-electron chi connectivity index (χ4n) is 2.48. The van der Waals surface area contributed by atoms with Crippen molar-refractivity contribution in [1.82, 2.24) is 4.90 Å². The van der Waals surface area contributed by atoms with Crippen molar-refractivity contribution in [3.05, 3.63) is 59.2 Å². The Kier molecular flexibility index (Phi) is 6.87. The number of amides is 2. The van der Waals surface area contributed by atoms with Gasteiger partial charge < -0.3 is 15.0 Å². The first-order valence-electron chi connectivity index (χ1n) is 8.40. The Hall–Kier alpha value is -2.96. The van der Waals surface area contributed by atoms with Crippen molar-refractivity contribution < 1.29 is 23.1 Å². The van der Waals surface area contributed by atoms with Crippen LogP contribution in [0.25, 0.3) is 0 Å². The summed E-state index contributed by atoms with van der Waals surface area (Å²) in [5.41, 5.74) is 3.40. The van der Waals surface area contributed by atoms with E-state index in [0.717, 1.165) is 16.8 Å². The molecule has 0 saturated carbocycles. The molecule has 0 aromatic heterocycles. The van der Waals surface area contributed by atoms with Gasteiger partial charge in [-0.15, -0.1) is 0 Å². The van der Waals surface area contributed by atoms with E-state index in [9.17, 15) is 18.4 Å². The molecule has 0 aliphatic heterocycles. The minimum atomic E-state index is -2.89. The van der Waals surface area contributed by atoms with E-state index in [-0.39, 0.29) is 30.5 Å². The van der Waals surface area contributed by atoms with E-state index in [1.807, 2.05) is 32.0 Å². The number of alkyl halides is 2. The van der Waals surface area contributed by atoms with Gasteiger partial charge in [0, 0.05) is 12.7 Å². The molecule has 0 atom stereocenters. The summed E-state index contributed by atoms with van der Waals surface area (Å²) < 4.78 is 28.5. The molecule has 2 rings (SSSR count). The molecule has 0 fully saturated rings. The SMILES string of the molecule is Cc1cccc(NC(=O)CN(C)C(=O)Cc2ccc(OC(F)F)cc2)c1C. The van der Waals surface area contributed by atoms with Gasteiger partial charge in [-0.2, -0.15) is 8.78 Å². The molecule has 5 nitrogen and oxygen atoms in total. The monoisotopic (exact) mass is 376 g/mol. The number of ether oxygens (including phenoxy) is 1. The van der Waals surface area contributed by atoms with Crippen LogP contribution >= 0.6 is 0 Å². The molecule has 0 bridgehead atoms. The second-order valence-corrected chi connectivity index (χ2v) is 6.24. The van der Waals surface area contributed by atoms with E-state index in [2.05, 4.69) is 10.1 Å². The van der Waals surface area contributed by atoms with Gasteiger partial charge in [0.15, 0.2) is 0 Å². The lowest BCUT2D eigenvalue weighted by atomic mass is 10.1. The largest absolute Gasteiger partial charge is 0.435 e. The summed E-state index contributed by atoms with van der Waals surface area (Å²) in [5.74, 6) is -0.517. The lowest BCUT2D eigenvalue weighted by Gasteiger charge is -2.18. The third kappa shape index (κ3) is 6.06. The number of rotatable bonds is 7. The lowest BCUT2D eigenvalue weighted by Crippen LogP contribution is -2.35. The zero-order valence-corrected chi connectivity index (χ0v) is 15.5. The zero-order valence-electron chi connectivity index (χ0n) is 15.5. The minimum Gasteiger partial charge on any atom is -0.435 e. The number of hydrogen-bond acceptors (Lipinski definition) is 3. The molecule has 0 saturated heterocycles. The fraction of sp³-hybridized carbons (Fsp3) is 0.300. The van der Waals surface area contributed by atoms with Gasteiger partial charge in [-0.05, 0) is 48.7 Å². The van der Waals surface area contributed by atoms with Gasteiger partial charge >= 0.3 is 6.61 Å². The van der Waals surface area contributed by atoms with Crippen LogP contribution in [0.15, 0.2) is 42.5 Å². The van der Waals surface area contributed by atoms with Gasteiger partial charge in [0.25, 0.3) is 0 Å². The van der Waals surface area contributed by atoms with Crippen LogP contribution in [-0.2, 0) is 16.0 Å². The number of halogens is 2. The van der Waals surface area contributed by atoms with Gasteiger partial charge in [0.1, 0.15) is 5.75 Å². The highest BCUT2D eigenvalue weighted by Crippen LogP contribution is 2.18. The first kappa shape index (κ1) is 20.4. The van der Waals surface area contributed by atoms with Crippen LogP contribution in [0.3, 0.4) is 0 Å². The number of carbonyl (C=O) groups excluding carboxylic acids is 2. The number of nitrogens with zero attached hydrogens (tertiary/aromatic N) is 1. The van der Waals surface area contributed by atoms with Crippen LogP contribution in [0.1, 0.15) is 16.7 Å². The smallest absolute Gasteiger partial charge is 0.387 e. The summed E-state index contributed by atoms with van der Waals surface area (Å²) in [6.07, 6.45) is 0.0577. The molecule has 0 radical (unpaired) electrons. The number of aryl methyl sites for hydroxylation is 1. The Morgan fingerprint density at radius 3 is 2.41 bits per heavy atom. The molecule has 0 aliphatic rings. The Bertz CT molecular complexity index is 807. The minimum absolute atomic E-state index is 0.0301. The molecule has 2 amide bonds. The number of likely N-dealkylation sites (N-methyl/N-ethyl adjacent to an activating group) is 1. The fourth-order valence-corrected chi connectivity index (χ4v) is 2.48. The van der Waals surface area contributed by atoms with E-state index in [1.165, 1.54) is 17.0 Å². The van der Waals surface area contributed by atoms with Crippen molar-refractivity contribution in [1.29, 1.82) is 0 Å². The summed E-state index contributed by atoms with van der Waals surface area (Å²) >= 11 is 0. The van der Waals surface area contributed by atoms with Crippen LogP contribution in [-0.4, -0.2) is 36.9 Å². The van der Waals surface area contributed by atoms with Gasteiger partial charge in [0.2, 0.25) is 11.8 Å². The van der Waals surface area contributed by atoms with Gasteiger partial charge in [-0.3, -0.25) is 9.59 Å². The van der Waals surface area contributed by atoms with E-state index in [0.29, 0.717) is 5.56 Å². The Morgan fingerprint density at radius 1 is 1.11 bits per heavy atom.